The molecule has 1 unspecified atom stereocenters. The number of carbonyl (C=O) groups is 1. The molecule has 0 fully saturated rings. The number of tetrazole rings is 1. The number of nitrogens with one attached hydrogen (secondary N) is 2. The van der Waals surface area contributed by atoms with Gasteiger partial charge in [0.15, 0.2) is 5.82 Å². The van der Waals surface area contributed by atoms with Crippen molar-refractivity contribution in [3.05, 3.63) is 178 Å². The van der Waals surface area contributed by atoms with Gasteiger partial charge in [-0.3, -0.25) is 4.90 Å². The van der Waals surface area contributed by atoms with Crippen LogP contribution < -0.4 is 10.6 Å². The first-order chi connectivity index (χ1) is 25.6. The molecular formula is C43H44BrN7O. The summed E-state index contributed by atoms with van der Waals surface area (Å²) in [6.45, 7) is 2.33. The molecule has 1 aromatic heterocycles. The summed E-state index contributed by atoms with van der Waals surface area (Å²) in [7, 11) is 0. The molecule has 0 aliphatic heterocycles. The summed E-state index contributed by atoms with van der Waals surface area (Å²) in [4.78, 5) is 15.3. The minimum absolute atomic E-state index is 0.192. The molecule has 0 radical (unpaired) electrons. The van der Waals surface area contributed by atoms with E-state index in [1.807, 2.05) is 47.1 Å². The third-order valence-corrected chi connectivity index (χ3v) is 10.6. The fourth-order valence-corrected chi connectivity index (χ4v) is 7.96. The lowest BCUT2D eigenvalue weighted by Gasteiger charge is -2.37. The average molecular weight is 755 g/mol. The van der Waals surface area contributed by atoms with E-state index in [0.717, 1.165) is 77.9 Å². The predicted octanol–water partition coefficient (Wildman–Crippen LogP) is 8.80. The van der Waals surface area contributed by atoms with Crippen LogP contribution in [0.25, 0.3) is 0 Å². The molecule has 8 nitrogen and oxygen atoms in total. The number of nitrogens with zero attached hydrogens (tertiary/aromatic N) is 5. The Morgan fingerprint density at radius 2 is 1.37 bits per heavy atom. The first kappa shape index (κ1) is 35.3. The number of halogens is 1. The summed E-state index contributed by atoms with van der Waals surface area (Å²) < 4.78 is 3.02. The number of rotatable bonds is 14. The maximum Gasteiger partial charge on any atom is 0.319 e. The van der Waals surface area contributed by atoms with Gasteiger partial charge >= 0.3 is 6.03 Å². The van der Waals surface area contributed by atoms with Gasteiger partial charge in [-0.05, 0) is 101 Å². The van der Waals surface area contributed by atoms with Crippen molar-refractivity contribution >= 4 is 27.6 Å². The molecule has 0 saturated heterocycles. The molecule has 2 amide bonds. The summed E-state index contributed by atoms with van der Waals surface area (Å²) in [5.41, 5.74) is 6.16. The first-order valence-corrected chi connectivity index (χ1v) is 19.0. The van der Waals surface area contributed by atoms with E-state index in [2.05, 4.69) is 139 Å². The molecule has 9 heteroatoms. The van der Waals surface area contributed by atoms with Crippen LogP contribution in [0.2, 0.25) is 0 Å². The highest BCUT2D eigenvalue weighted by molar-refractivity contribution is 9.10. The zero-order valence-corrected chi connectivity index (χ0v) is 30.8. The van der Waals surface area contributed by atoms with Crippen molar-refractivity contribution in [3.8, 4) is 0 Å². The zero-order chi connectivity index (χ0) is 35.6. The molecule has 264 valence electrons. The molecule has 7 rings (SSSR count). The van der Waals surface area contributed by atoms with E-state index in [1.165, 1.54) is 11.1 Å². The Bertz CT molecular complexity index is 1920. The molecule has 0 bridgehead atoms. The van der Waals surface area contributed by atoms with E-state index in [9.17, 15) is 4.79 Å². The highest BCUT2D eigenvalue weighted by atomic mass is 79.9. The van der Waals surface area contributed by atoms with Gasteiger partial charge in [0.1, 0.15) is 5.54 Å². The van der Waals surface area contributed by atoms with Gasteiger partial charge in [0.25, 0.3) is 0 Å². The molecule has 0 spiro atoms. The number of urea groups is 1. The van der Waals surface area contributed by atoms with Gasteiger partial charge < -0.3 is 10.6 Å². The molecule has 5 aromatic carbocycles. The van der Waals surface area contributed by atoms with Gasteiger partial charge in [-0.25, -0.2) is 9.48 Å². The number of fused-ring (bicyclic) bond motifs is 1. The second kappa shape index (κ2) is 16.9. The topological polar surface area (TPSA) is 88.0 Å². The second-order valence-electron chi connectivity index (χ2n) is 13.3. The minimum atomic E-state index is -0.757. The fraction of sp³-hybridized carbons (Fsp3) is 0.256. The normalized spacial score (nSPS) is 14.2. The van der Waals surface area contributed by atoms with Crippen molar-refractivity contribution < 1.29 is 4.79 Å². The molecule has 1 aliphatic rings. The molecule has 1 aliphatic carbocycles. The lowest BCUT2D eigenvalue weighted by atomic mass is 9.77. The molecular weight excluding hydrogens is 710 g/mol. The maximum absolute atomic E-state index is 12.7. The van der Waals surface area contributed by atoms with Gasteiger partial charge in [0.05, 0.1) is 0 Å². The largest absolute Gasteiger partial charge is 0.338 e. The standard InChI is InChI=1S/C43H44BrN7O/c44-37-26-28-38(29-27-37)46-42(52)45-30-14-32-50(40-24-12-16-33-15-10-11-23-39(33)40)31-13-25-41-47-48-49-51(41)43(34-17-4-1-5-18-34,35-19-6-2-7-20-35)36-21-8-3-9-22-36/h1-11,15,17-23,26-29,40H,12-14,16,24-25,30-32H2,(H2,45,46,52). The smallest absolute Gasteiger partial charge is 0.319 e. The predicted molar refractivity (Wildman–Crippen MR) is 210 cm³/mol. The fourth-order valence-electron chi connectivity index (χ4n) is 7.69. The lowest BCUT2D eigenvalue weighted by Crippen LogP contribution is -2.40. The number of benzene rings is 5. The summed E-state index contributed by atoms with van der Waals surface area (Å²) in [5.74, 6) is 0.840. The van der Waals surface area contributed by atoms with Crippen molar-refractivity contribution in [3.63, 3.8) is 0 Å². The molecule has 52 heavy (non-hydrogen) atoms. The highest BCUT2D eigenvalue weighted by Gasteiger charge is 2.41. The van der Waals surface area contributed by atoms with Crippen molar-refractivity contribution in [2.75, 3.05) is 25.0 Å². The molecule has 6 aromatic rings. The number of hydrogen-bond donors (Lipinski definition) is 2. The Hall–Kier alpha value is -5.12. The third kappa shape index (κ3) is 7.86. The van der Waals surface area contributed by atoms with E-state index < -0.39 is 5.54 Å². The van der Waals surface area contributed by atoms with E-state index in [4.69, 9.17) is 5.21 Å². The maximum atomic E-state index is 12.7. The lowest BCUT2D eigenvalue weighted by molar-refractivity contribution is 0.173. The van der Waals surface area contributed by atoms with Gasteiger partial charge in [-0.15, -0.1) is 5.10 Å². The van der Waals surface area contributed by atoms with Crippen LogP contribution >= 0.6 is 15.9 Å². The number of carbonyl (C=O) groups excluding carboxylic acids is 1. The van der Waals surface area contributed by atoms with Crippen LogP contribution in [-0.4, -0.2) is 50.8 Å². The second-order valence-corrected chi connectivity index (χ2v) is 14.2. The van der Waals surface area contributed by atoms with Crippen LogP contribution in [0.3, 0.4) is 0 Å². The summed E-state index contributed by atoms with van der Waals surface area (Å²) in [6, 6.07) is 48.3. The first-order valence-electron chi connectivity index (χ1n) is 18.2. The van der Waals surface area contributed by atoms with Crippen LogP contribution in [0, 0.1) is 0 Å². The number of amides is 2. The Kier molecular flexibility index (Phi) is 11.5. The Morgan fingerprint density at radius 3 is 2.02 bits per heavy atom. The molecule has 0 saturated carbocycles. The van der Waals surface area contributed by atoms with E-state index in [0.29, 0.717) is 19.0 Å². The van der Waals surface area contributed by atoms with Crippen LogP contribution in [0.15, 0.2) is 144 Å². The Morgan fingerprint density at radius 1 is 0.769 bits per heavy atom. The van der Waals surface area contributed by atoms with Crippen LogP contribution in [0.1, 0.15) is 65.4 Å². The van der Waals surface area contributed by atoms with E-state index in [-0.39, 0.29) is 6.03 Å². The van der Waals surface area contributed by atoms with Crippen LogP contribution in [0.4, 0.5) is 10.5 Å². The molecule has 1 heterocycles. The molecule has 2 N–H and O–H groups in total. The van der Waals surface area contributed by atoms with Gasteiger partial charge in [-0.1, -0.05) is 131 Å². The quantitative estimate of drug-likeness (QED) is 0.0858. The summed E-state index contributed by atoms with van der Waals surface area (Å²) in [6.07, 6.45) is 5.82. The van der Waals surface area contributed by atoms with Gasteiger partial charge in [0, 0.05) is 35.7 Å². The summed E-state index contributed by atoms with van der Waals surface area (Å²) >= 11 is 3.45. The third-order valence-electron chi connectivity index (χ3n) is 10.1. The minimum Gasteiger partial charge on any atom is -0.338 e. The Labute approximate surface area is 314 Å². The van der Waals surface area contributed by atoms with Crippen molar-refractivity contribution in [1.29, 1.82) is 0 Å². The van der Waals surface area contributed by atoms with Gasteiger partial charge in [0.2, 0.25) is 0 Å². The SMILES string of the molecule is O=C(NCCCN(CCCc1nnnn1C(c1ccccc1)(c1ccccc1)c1ccccc1)C1CCCc2ccccc21)Nc1ccc(Br)cc1. The monoisotopic (exact) mass is 753 g/mol. The van der Waals surface area contributed by atoms with E-state index in [1.54, 1.807) is 0 Å². The average Bonchev–Trinajstić information content (AvgIpc) is 3.66. The summed E-state index contributed by atoms with van der Waals surface area (Å²) in [5, 5.41) is 19.7. The number of aryl methyl sites for hydroxylation is 2. The van der Waals surface area contributed by atoms with Crippen molar-refractivity contribution in [2.24, 2.45) is 0 Å². The van der Waals surface area contributed by atoms with E-state index >= 15 is 0 Å². The number of hydrogen-bond acceptors (Lipinski definition) is 5. The van der Waals surface area contributed by atoms with Crippen LogP contribution in [0.5, 0.6) is 0 Å². The number of aromatic nitrogens is 4. The zero-order valence-electron chi connectivity index (χ0n) is 29.2. The van der Waals surface area contributed by atoms with Crippen molar-refractivity contribution in [1.82, 2.24) is 30.4 Å². The van der Waals surface area contributed by atoms with Gasteiger partial charge in [-0.2, -0.15) is 0 Å². The Balaban J connectivity index is 1.11. The van der Waals surface area contributed by atoms with Crippen molar-refractivity contribution in [2.45, 2.75) is 50.1 Å². The molecule has 1 atom stereocenters. The highest BCUT2D eigenvalue weighted by Crippen LogP contribution is 2.41. The van der Waals surface area contributed by atoms with Crippen LogP contribution in [-0.2, 0) is 18.4 Å². The number of anilines is 1.